The Morgan fingerprint density at radius 2 is 2.17 bits per heavy atom. The third-order valence-electron chi connectivity index (χ3n) is 5.37. The van der Waals surface area contributed by atoms with Crippen LogP contribution in [0.1, 0.15) is 28.1 Å². The molecule has 29 heavy (non-hydrogen) atoms. The first-order valence-electron chi connectivity index (χ1n) is 9.25. The quantitative estimate of drug-likeness (QED) is 0.547. The number of carbonyl (C=O) groups is 1. The molecule has 8 heteroatoms. The van der Waals surface area contributed by atoms with E-state index < -0.39 is 5.56 Å². The lowest BCUT2D eigenvalue weighted by atomic mass is 9.98. The van der Waals surface area contributed by atoms with Crippen LogP contribution in [-0.4, -0.2) is 38.8 Å². The van der Waals surface area contributed by atoms with E-state index in [1.54, 1.807) is 17.9 Å². The number of aromatic amines is 2. The summed E-state index contributed by atoms with van der Waals surface area (Å²) in [6.07, 6.45) is 5.77. The molecule has 0 radical (unpaired) electrons. The molecular weight excluding hydrogens is 375 g/mol. The average molecular weight is 392 g/mol. The second-order valence-electron chi connectivity index (χ2n) is 7.07. The Bertz CT molecular complexity index is 1360. The van der Waals surface area contributed by atoms with Gasteiger partial charge in [0.2, 0.25) is 5.71 Å². The zero-order valence-corrected chi connectivity index (χ0v) is 15.6. The minimum absolute atomic E-state index is 0.161. The number of aryl methyl sites for hydroxylation is 1. The molecule has 0 unspecified atom stereocenters. The van der Waals surface area contributed by atoms with Gasteiger partial charge in [-0.05, 0) is 37.1 Å². The molecule has 0 saturated carbocycles. The molecule has 5 rings (SSSR count). The van der Waals surface area contributed by atoms with Crippen molar-refractivity contribution in [2.75, 3.05) is 13.1 Å². The molecule has 4 aromatic rings. The third kappa shape index (κ3) is 2.75. The van der Waals surface area contributed by atoms with Crippen molar-refractivity contribution < 1.29 is 13.6 Å². The van der Waals surface area contributed by atoms with Crippen LogP contribution in [0.2, 0.25) is 0 Å². The fraction of sp³-hybridized carbons (Fsp3) is 0.190. The number of carbonyl (C=O) groups excluding carboxylic acids is 1. The molecule has 1 amide bonds. The second kappa shape index (κ2) is 6.44. The smallest absolute Gasteiger partial charge is 0.262 e. The third-order valence-corrected chi connectivity index (χ3v) is 5.37. The van der Waals surface area contributed by atoms with E-state index in [9.17, 15) is 14.0 Å². The van der Waals surface area contributed by atoms with E-state index in [0.717, 1.165) is 22.0 Å². The summed E-state index contributed by atoms with van der Waals surface area (Å²) < 4.78 is 18.9. The van der Waals surface area contributed by atoms with Crippen molar-refractivity contribution in [3.63, 3.8) is 0 Å². The lowest BCUT2D eigenvalue weighted by molar-refractivity contribution is 0.0772. The highest BCUT2D eigenvalue weighted by atomic mass is 19.1. The van der Waals surface area contributed by atoms with E-state index in [-0.39, 0.29) is 28.4 Å². The van der Waals surface area contributed by atoms with Gasteiger partial charge in [0.15, 0.2) is 0 Å². The molecule has 146 valence electrons. The molecule has 7 nitrogen and oxygen atoms in total. The maximum atomic E-state index is 13.4. The van der Waals surface area contributed by atoms with Gasteiger partial charge in [-0.1, -0.05) is 6.08 Å². The van der Waals surface area contributed by atoms with E-state index in [1.807, 2.05) is 12.3 Å². The number of amides is 1. The highest BCUT2D eigenvalue weighted by Gasteiger charge is 2.27. The van der Waals surface area contributed by atoms with Crippen LogP contribution in [0.5, 0.6) is 0 Å². The Labute approximate surface area is 163 Å². The zero-order valence-electron chi connectivity index (χ0n) is 15.6. The lowest BCUT2D eigenvalue weighted by Crippen LogP contribution is -2.35. The largest absolute Gasteiger partial charge is 0.442 e. The summed E-state index contributed by atoms with van der Waals surface area (Å²) in [6.45, 7) is 2.57. The standard InChI is InChI=1S/C21H17FN4O3/c1-11-17(18-19(27)24-10-25-20(18)29-11)21(28)26-6-4-12(5-7-26)15-9-23-16-8-13(22)2-3-14(15)16/h2-4,8-10,23H,5-7H2,1H3,(H,24,25,27). The minimum Gasteiger partial charge on any atom is -0.442 e. The van der Waals surface area contributed by atoms with E-state index in [4.69, 9.17) is 4.42 Å². The number of benzene rings is 1. The SMILES string of the molecule is Cc1oc2nc[nH]c(=O)c2c1C(=O)N1CC=C(c2c[nH]c3cc(F)ccc23)CC1. The van der Waals surface area contributed by atoms with Crippen LogP contribution in [0.3, 0.4) is 0 Å². The molecule has 0 saturated heterocycles. The highest BCUT2D eigenvalue weighted by Crippen LogP contribution is 2.31. The molecule has 0 fully saturated rings. The highest BCUT2D eigenvalue weighted by molar-refractivity contribution is 6.06. The fourth-order valence-corrected chi connectivity index (χ4v) is 3.93. The predicted molar refractivity (Wildman–Crippen MR) is 106 cm³/mol. The van der Waals surface area contributed by atoms with Gasteiger partial charge in [-0.3, -0.25) is 9.59 Å². The number of furan rings is 1. The topological polar surface area (TPSA) is 95.0 Å². The van der Waals surface area contributed by atoms with E-state index in [0.29, 0.717) is 25.3 Å². The maximum absolute atomic E-state index is 13.4. The number of fused-ring (bicyclic) bond motifs is 2. The monoisotopic (exact) mass is 392 g/mol. The molecule has 0 atom stereocenters. The number of H-pyrrole nitrogens is 2. The molecule has 4 heterocycles. The molecule has 1 aliphatic heterocycles. The fourth-order valence-electron chi connectivity index (χ4n) is 3.93. The van der Waals surface area contributed by atoms with Gasteiger partial charge in [-0.15, -0.1) is 0 Å². The van der Waals surface area contributed by atoms with Crippen LogP contribution in [0, 0.1) is 12.7 Å². The van der Waals surface area contributed by atoms with Gasteiger partial charge < -0.3 is 19.3 Å². The van der Waals surface area contributed by atoms with Gasteiger partial charge >= 0.3 is 0 Å². The van der Waals surface area contributed by atoms with Crippen molar-refractivity contribution in [2.24, 2.45) is 0 Å². The summed E-state index contributed by atoms with van der Waals surface area (Å²) in [4.78, 5) is 36.6. The number of nitrogens with one attached hydrogen (secondary N) is 2. The van der Waals surface area contributed by atoms with Crippen molar-refractivity contribution >= 4 is 33.5 Å². The Morgan fingerprint density at radius 3 is 2.97 bits per heavy atom. The number of aromatic nitrogens is 3. The van der Waals surface area contributed by atoms with Crippen molar-refractivity contribution in [3.05, 3.63) is 69.9 Å². The first-order chi connectivity index (χ1) is 14.0. The number of hydrogen-bond donors (Lipinski definition) is 2. The Kier molecular flexibility index (Phi) is 3.87. The summed E-state index contributed by atoms with van der Waals surface area (Å²) in [5.41, 5.74) is 2.88. The number of rotatable bonds is 2. The van der Waals surface area contributed by atoms with Gasteiger partial charge in [0.05, 0.1) is 11.9 Å². The van der Waals surface area contributed by atoms with E-state index >= 15 is 0 Å². The second-order valence-corrected chi connectivity index (χ2v) is 7.07. The van der Waals surface area contributed by atoms with Crippen LogP contribution < -0.4 is 5.56 Å². The molecular formula is C21H17FN4O3. The summed E-state index contributed by atoms with van der Waals surface area (Å²) in [5.74, 6) is -0.161. The molecule has 1 aliphatic rings. The molecule has 0 aliphatic carbocycles. The molecule has 3 aromatic heterocycles. The Morgan fingerprint density at radius 1 is 1.31 bits per heavy atom. The number of hydrogen-bond acceptors (Lipinski definition) is 4. The van der Waals surface area contributed by atoms with Crippen LogP contribution in [-0.2, 0) is 0 Å². The predicted octanol–water partition coefficient (Wildman–Crippen LogP) is 3.37. The summed E-state index contributed by atoms with van der Waals surface area (Å²) in [5, 5.41) is 1.13. The average Bonchev–Trinajstić information content (AvgIpc) is 3.28. The lowest BCUT2D eigenvalue weighted by Gasteiger charge is -2.26. The van der Waals surface area contributed by atoms with E-state index in [1.165, 1.54) is 18.5 Å². The maximum Gasteiger partial charge on any atom is 0.262 e. The minimum atomic E-state index is -0.394. The first kappa shape index (κ1) is 17.4. The van der Waals surface area contributed by atoms with Gasteiger partial charge in [0, 0.05) is 35.8 Å². The van der Waals surface area contributed by atoms with Crippen LogP contribution in [0.15, 0.2) is 46.0 Å². The first-order valence-corrected chi connectivity index (χ1v) is 9.25. The van der Waals surface area contributed by atoms with Crippen LogP contribution in [0.4, 0.5) is 4.39 Å². The summed E-state index contributed by atoms with van der Waals surface area (Å²) >= 11 is 0. The van der Waals surface area contributed by atoms with Gasteiger partial charge in [-0.25, -0.2) is 9.37 Å². The van der Waals surface area contributed by atoms with Crippen molar-refractivity contribution in [2.45, 2.75) is 13.3 Å². The zero-order chi connectivity index (χ0) is 20.1. The molecule has 1 aromatic carbocycles. The Balaban J connectivity index is 1.46. The summed E-state index contributed by atoms with van der Waals surface area (Å²) in [7, 11) is 0. The molecule has 0 spiro atoms. The van der Waals surface area contributed by atoms with Gasteiger partial charge in [0.1, 0.15) is 17.0 Å². The van der Waals surface area contributed by atoms with Crippen molar-refractivity contribution in [3.8, 4) is 0 Å². The van der Waals surface area contributed by atoms with Crippen molar-refractivity contribution in [1.29, 1.82) is 0 Å². The van der Waals surface area contributed by atoms with Crippen molar-refractivity contribution in [1.82, 2.24) is 19.9 Å². The Hall–Kier alpha value is -3.68. The number of nitrogens with zero attached hydrogens (tertiary/aromatic N) is 2. The molecule has 2 N–H and O–H groups in total. The van der Waals surface area contributed by atoms with Gasteiger partial charge in [0.25, 0.3) is 11.5 Å². The van der Waals surface area contributed by atoms with Gasteiger partial charge in [-0.2, -0.15) is 0 Å². The molecule has 0 bridgehead atoms. The summed E-state index contributed by atoms with van der Waals surface area (Å²) in [6, 6.07) is 4.67. The van der Waals surface area contributed by atoms with E-state index in [2.05, 4.69) is 15.0 Å². The van der Waals surface area contributed by atoms with Crippen LogP contribution in [0.25, 0.3) is 27.6 Å². The normalized spacial score (nSPS) is 14.6. The van der Waals surface area contributed by atoms with Crippen LogP contribution >= 0.6 is 0 Å². The number of halogens is 1.